The summed E-state index contributed by atoms with van der Waals surface area (Å²) in [6, 6.07) is 0. The maximum atomic E-state index is 3.93. The molecule has 0 saturated heterocycles. The monoisotopic (exact) mass is 214 g/mol. The molecule has 0 aromatic carbocycles. The Hall–Kier alpha value is -1.30. The largest absolute Gasteiger partial charge is 0.0988 e. The van der Waals surface area contributed by atoms with E-state index in [0.717, 1.165) is 6.42 Å². The van der Waals surface area contributed by atoms with E-state index in [-0.39, 0.29) is 0 Å². The van der Waals surface area contributed by atoms with Gasteiger partial charge in [-0.1, -0.05) is 50.8 Å². The summed E-state index contributed by atoms with van der Waals surface area (Å²) in [6.45, 7) is 16.6. The van der Waals surface area contributed by atoms with Crippen molar-refractivity contribution in [3.63, 3.8) is 0 Å². The van der Waals surface area contributed by atoms with Crippen LogP contribution in [-0.4, -0.2) is 0 Å². The highest BCUT2D eigenvalue weighted by Crippen LogP contribution is 2.39. The molecule has 0 radical (unpaired) electrons. The molecule has 0 N–H and O–H groups in total. The fourth-order valence-corrected chi connectivity index (χ4v) is 2.41. The average Bonchev–Trinajstić information content (AvgIpc) is 2.55. The molecule has 1 rings (SSSR count). The molecule has 0 aliphatic heterocycles. The Labute approximate surface area is 99.8 Å². The average molecular weight is 214 g/mol. The van der Waals surface area contributed by atoms with E-state index in [1.807, 2.05) is 12.2 Å². The van der Waals surface area contributed by atoms with Crippen LogP contribution in [0, 0.1) is 5.92 Å². The van der Waals surface area contributed by atoms with Crippen molar-refractivity contribution in [3.05, 3.63) is 59.3 Å². The van der Waals surface area contributed by atoms with Crippen LogP contribution in [0.25, 0.3) is 0 Å². The summed E-state index contributed by atoms with van der Waals surface area (Å²) in [6.07, 6.45) is 7.20. The van der Waals surface area contributed by atoms with Gasteiger partial charge in [0.15, 0.2) is 0 Å². The molecule has 0 fully saturated rings. The number of hydrogen-bond acceptors (Lipinski definition) is 0. The van der Waals surface area contributed by atoms with Gasteiger partial charge in [-0.2, -0.15) is 0 Å². The third kappa shape index (κ3) is 2.11. The van der Waals surface area contributed by atoms with Gasteiger partial charge < -0.3 is 0 Å². The van der Waals surface area contributed by atoms with E-state index in [4.69, 9.17) is 0 Å². The molecule has 0 amide bonds. The zero-order valence-electron chi connectivity index (χ0n) is 10.9. The number of allylic oxidation sites excluding steroid dienone is 8. The maximum absolute atomic E-state index is 3.93. The van der Waals surface area contributed by atoms with Gasteiger partial charge in [-0.15, -0.1) is 0 Å². The SMILES string of the molecule is C=CC1=C(/C(=C\C)C(C)C)C(C=C)=C(C)C1. The molecule has 1 aliphatic rings. The third-order valence-electron chi connectivity index (χ3n) is 3.18. The Balaban J connectivity index is 3.35. The first-order chi connectivity index (χ1) is 7.56. The van der Waals surface area contributed by atoms with Gasteiger partial charge in [0, 0.05) is 0 Å². The van der Waals surface area contributed by atoms with E-state index in [9.17, 15) is 0 Å². The van der Waals surface area contributed by atoms with Crippen LogP contribution >= 0.6 is 0 Å². The minimum Gasteiger partial charge on any atom is -0.0988 e. The van der Waals surface area contributed by atoms with Crippen molar-refractivity contribution in [3.8, 4) is 0 Å². The first-order valence-electron chi connectivity index (χ1n) is 5.91. The summed E-state index contributed by atoms with van der Waals surface area (Å²) < 4.78 is 0. The maximum Gasteiger partial charge on any atom is -0.00546 e. The first kappa shape index (κ1) is 12.8. The van der Waals surface area contributed by atoms with Crippen molar-refractivity contribution < 1.29 is 0 Å². The van der Waals surface area contributed by atoms with Crippen LogP contribution < -0.4 is 0 Å². The second-order valence-electron chi connectivity index (χ2n) is 4.58. The summed E-state index contributed by atoms with van der Waals surface area (Å²) in [5.41, 5.74) is 6.81. The van der Waals surface area contributed by atoms with Crippen LogP contribution in [0.1, 0.15) is 34.1 Å². The summed E-state index contributed by atoms with van der Waals surface area (Å²) in [5.74, 6) is 0.538. The van der Waals surface area contributed by atoms with E-state index in [1.165, 1.54) is 27.9 Å². The minimum absolute atomic E-state index is 0.538. The van der Waals surface area contributed by atoms with Crippen LogP contribution in [0.5, 0.6) is 0 Å². The highest BCUT2D eigenvalue weighted by atomic mass is 14.3. The van der Waals surface area contributed by atoms with Gasteiger partial charge in [0.25, 0.3) is 0 Å². The van der Waals surface area contributed by atoms with E-state index in [2.05, 4.69) is 46.9 Å². The van der Waals surface area contributed by atoms with Gasteiger partial charge in [-0.05, 0) is 48.5 Å². The van der Waals surface area contributed by atoms with Crippen molar-refractivity contribution in [2.24, 2.45) is 5.92 Å². The first-order valence-corrected chi connectivity index (χ1v) is 5.91. The zero-order valence-corrected chi connectivity index (χ0v) is 10.9. The highest BCUT2D eigenvalue weighted by molar-refractivity contribution is 5.63. The molecule has 0 heteroatoms. The smallest absolute Gasteiger partial charge is 0.00546 e. The van der Waals surface area contributed by atoms with Crippen LogP contribution in [0.4, 0.5) is 0 Å². The van der Waals surface area contributed by atoms with E-state index < -0.39 is 0 Å². The van der Waals surface area contributed by atoms with Gasteiger partial charge in [0.05, 0.1) is 0 Å². The normalized spacial score (nSPS) is 17.4. The molecule has 0 atom stereocenters. The Morgan fingerprint density at radius 2 is 1.88 bits per heavy atom. The lowest BCUT2D eigenvalue weighted by molar-refractivity contribution is 0.778. The molecule has 0 nitrogen and oxygen atoms in total. The fraction of sp³-hybridized carbons (Fsp3) is 0.375. The summed E-state index contributed by atoms with van der Waals surface area (Å²) >= 11 is 0. The standard InChI is InChI=1S/C16H22/c1-7-13-10-12(6)15(9-3)16(13)14(8-2)11(4)5/h7-9,11H,1,3,10H2,2,4-6H3/b14-8-. The van der Waals surface area contributed by atoms with Gasteiger partial charge in [-0.25, -0.2) is 0 Å². The molecule has 1 aliphatic carbocycles. The third-order valence-corrected chi connectivity index (χ3v) is 3.18. The predicted molar refractivity (Wildman–Crippen MR) is 73.3 cm³/mol. The molecule has 0 saturated carbocycles. The molecule has 0 unspecified atom stereocenters. The molecule has 16 heavy (non-hydrogen) atoms. The van der Waals surface area contributed by atoms with Crippen LogP contribution in [-0.2, 0) is 0 Å². The predicted octanol–water partition coefficient (Wildman–Crippen LogP) is 4.98. The number of hydrogen-bond donors (Lipinski definition) is 0. The quantitative estimate of drug-likeness (QED) is 0.619. The Morgan fingerprint density at radius 1 is 1.25 bits per heavy atom. The lowest BCUT2D eigenvalue weighted by atomic mass is 9.89. The molecule has 86 valence electrons. The summed E-state index contributed by atoms with van der Waals surface area (Å²) in [7, 11) is 0. The van der Waals surface area contributed by atoms with Crippen LogP contribution in [0.2, 0.25) is 0 Å². The molecule has 0 bridgehead atoms. The molecule has 0 aromatic rings. The van der Waals surface area contributed by atoms with Crippen molar-refractivity contribution in [2.45, 2.75) is 34.1 Å². The molecule has 0 heterocycles. The molecular formula is C16H22. The summed E-state index contributed by atoms with van der Waals surface area (Å²) in [4.78, 5) is 0. The van der Waals surface area contributed by atoms with Crippen molar-refractivity contribution in [2.75, 3.05) is 0 Å². The molecule has 0 aromatic heterocycles. The topological polar surface area (TPSA) is 0 Å². The van der Waals surface area contributed by atoms with Gasteiger partial charge in [-0.3, -0.25) is 0 Å². The van der Waals surface area contributed by atoms with E-state index in [1.54, 1.807) is 0 Å². The molecular weight excluding hydrogens is 192 g/mol. The highest BCUT2D eigenvalue weighted by Gasteiger charge is 2.22. The van der Waals surface area contributed by atoms with Crippen molar-refractivity contribution >= 4 is 0 Å². The van der Waals surface area contributed by atoms with Crippen LogP contribution in [0.15, 0.2) is 59.3 Å². The number of rotatable bonds is 4. The van der Waals surface area contributed by atoms with Gasteiger partial charge >= 0.3 is 0 Å². The van der Waals surface area contributed by atoms with Crippen molar-refractivity contribution in [1.29, 1.82) is 0 Å². The van der Waals surface area contributed by atoms with Gasteiger partial charge in [0.1, 0.15) is 0 Å². The molecule has 0 spiro atoms. The second-order valence-corrected chi connectivity index (χ2v) is 4.58. The van der Waals surface area contributed by atoms with Crippen molar-refractivity contribution in [1.82, 2.24) is 0 Å². The van der Waals surface area contributed by atoms with Gasteiger partial charge in [0.2, 0.25) is 0 Å². The fourth-order valence-electron chi connectivity index (χ4n) is 2.41. The minimum atomic E-state index is 0.538. The second kappa shape index (κ2) is 5.16. The van der Waals surface area contributed by atoms with Crippen LogP contribution in [0.3, 0.4) is 0 Å². The Kier molecular flexibility index (Phi) is 4.12. The lowest BCUT2D eigenvalue weighted by Gasteiger charge is -2.16. The summed E-state index contributed by atoms with van der Waals surface area (Å²) in [5, 5.41) is 0. The van der Waals surface area contributed by atoms with E-state index in [0.29, 0.717) is 5.92 Å². The van der Waals surface area contributed by atoms with E-state index >= 15 is 0 Å². The lowest BCUT2D eigenvalue weighted by Crippen LogP contribution is -2.00. The Morgan fingerprint density at radius 3 is 2.25 bits per heavy atom. The Bertz CT molecular complexity index is 398. The zero-order chi connectivity index (χ0) is 12.3.